The van der Waals surface area contributed by atoms with Gasteiger partial charge in [0.25, 0.3) is 0 Å². The summed E-state index contributed by atoms with van der Waals surface area (Å²) in [5, 5.41) is 3.57. The molecule has 1 N–H and O–H groups in total. The number of thiophene rings is 1. The van der Waals surface area contributed by atoms with Crippen molar-refractivity contribution in [1.82, 2.24) is 10.3 Å². The van der Waals surface area contributed by atoms with Crippen molar-refractivity contribution in [2.24, 2.45) is 0 Å². The lowest BCUT2D eigenvalue weighted by Gasteiger charge is -2.17. The maximum Gasteiger partial charge on any atom is 0.0384 e. The van der Waals surface area contributed by atoms with E-state index in [1.165, 1.54) is 20.9 Å². The average molecular weight is 274 g/mol. The van der Waals surface area contributed by atoms with E-state index in [2.05, 4.69) is 49.3 Å². The van der Waals surface area contributed by atoms with Gasteiger partial charge in [-0.2, -0.15) is 0 Å². The minimum Gasteiger partial charge on any atom is -0.310 e. The van der Waals surface area contributed by atoms with Gasteiger partial charge in [-0.3, -0.25) is 4.98 Å². The number of aryl methyl sites for hydroxylation is 2. The van der Waals surface area contributed by atoms with Gasteiger partial charge >= 0.3 is 0 Å². The highest BCUT2D eigenvalue weighted by Gasteiger charge is 2.13. The second-order valence-electron chi connectivity index (χ2n) is 4.83. The molecule has 0 aliphatic carbocycles. The largest absolute Gasteiger partial charge is 0.310 e. The van der Waals surface area contributed by atoms with Crippen LogP contribution in [0.15, 0.2) is 30.6 Å². The van der Waals surface area contributed by atoms with Crippen LogP contribution in [0.1, 0.15) is 40.8 Å². The Hall–Kier alpha value is -1.19. The molecular weight excluding hydrogens is 252 g/mol. The third-order valence-electron chi connectivity index (χ3n) is 3.22. The second-order valence-corrected chi connectivity index (χ2v) is 6.08. The first-order valence-electron chi connectivity index (χ1n) is 6.95. The number of aromatic nitrogens is 1. The summed E-state index contributed by atoms with van der Waals surface area (Å²) in [5.74, 6) is 0. The van der Waals surface area contributed by atoms with Crippen molar-refractivity contribution in [1.29, 1.82) is 0 Å². The highest BCUT2D eigenvalue weighted by atomic mass is 32.1. The lowest BCUT2D eigenvalue weighted by Crippen LogP contribution is -2.22. The normalized spacial score (nSPS) is 12.6. The molecule has 0 radical (unpaired) electrons. The number of hydrogen-bond acceptors (Lipinski definition) is 3. The molecular formula is C16H22N2S. The van der Waals surface area contributed by atoms with E-state index in [0.29, 0.717) is 6.04 Å². The van der Waals surface area contributed by atoms with Crippen LogP contribution in [0.5, 0.6) is 0 Å². The molecule has 1 atom stereocenters. The Balaban J connectivity index is 2.15. The third kappa shape index (κ3) is 3.88. The van der Waals surface area contributed by atoms with Crippen molar-refractivity contribution < 1.29 is 0 Å². The molecule has 0 bridgehead atoms. The van der Waals surface area contributed by atoms with Gasteiger partial charge in [-0.1, -0.05) is 19.9 Å². The van der Waals surface area contributed by atoms with Gasteiger partial charge in [-0.25, -0.2) is 0 Å². The van der Waals surface area contributed by atoms with Gasteiger partial charge in [0.05, 0.1) is 0 Å². The molecule has 0 spiro atoms. The molecule has 3 heteroatoms. The standard InChI is InChI=1S/C16H22N2S/c1-4-14-6-7-15(19-14)9-16(18-5-2)13-8-12(3)10-17-11-13/h6-8,10-11,16,18H,4-5,9H2,1-3H3. The number of hydrogen-bond donors (Lipinski definition) is 1. The fourth-order valence-electron chi connectivity index (χ4n) is 2.25. The highest BCUT2D eigenvalue weighted by Crippen LogP contribution is 2.24. The van der Waals surface area contributed by atoms with Gasteiger partial charge < -0.3 is 5.32 Å². The van der Waals surface area contributed by atoms with E-state index < -0.39 is 0 Å². The van der Waals surface area contributed by atoms with Gasteiger partial charge in [0.1, 0.15) is 0 Å². The summed E-state index contributed by atoms with van der Waals surface area (Å²) in [5.41, 5.74) is 2.51. The summed E-state index contributed by atoms with van der Waals surface area (Å²) in [6, 6.07) is 7.10. The first-order chi connectivity index (χ1) is 9.22. The molecule has 19 heavy (non-hydrogen) atoms. The highest BCUT2D eigenvalue weighted by molar-refractivity contribution is 7.11. The van der Waals surface area contributed by atoms with Crippen molar-refractivity contribution >= 4 is 11.3 Å². The van der Waals surface area contributed by atoms with Crippen LogP contribution >= 0.6 is 11.3 Å². The van der Waals surface area contributed by atoms with Gasteiger partial charge in [0, 0.05) is 34.6 Å². The molecule has 0 aromatic carbocycles. The lowest BCUT2D eigenvalue weighted by molar-refractivity contribution is 0.551. The van der Waals surface area contributed by atoms with Crippen molar-refractivity contribution in [3.05, 3.63) is 51.5 Å². The predicted octanol–water partition coefficient (Wildman–Crippen LogP) is 3.91. The van der Waals surface area contributed by atoms with Crippen LogP contribution in [0, 0.1) is 6.92 Å². The molecule has 2 heterocycles. The summed E-state index contributed by atoms with van der Waals surface area (Å²) >= 11 is 1.93. The Morgan fingerprint density at radius 1 is 1.21 bits per heavy atom. The molecule has 2 aromatic heterocycles. The van der Waals surface area contributed by atoms with Crippen LogP contribution in [0.3, 0.4) is 0 Å². The summed E-state index contributed by atoms with van der Waals surface area (Å²) in [6.07, 6.45) is 6.06. The van der Waals surface area contributed by atoms with Crippen LogP contribution in [-0.2, 0) is 12.8 Å². The SMILES string of the molecule is CCNC(Cc1ccc(CC)s1)c1cncc(C)c1. The van der Waals surface area contributed by atoms with Crippen molar-refractivity contribution in [2.45, 2.75) is 39.7 Å². The smallest absolute Gasteiger partial charge is 0.0384 e. The zero-order valence-corrected chi connectivity index (χ0v) is 12.8. The molecule has 0 saturated heterocycles. The second kappa shape index (κ2) is 6.83. The number of pyridine rings is 1. The molecule has 0 aliphatic rings. The zero-order chi connectivity index (χ0) is 13.7. The molecule has 0 aliphatic heterocycles. The number of likely N-dealkylation sites (N-methyl/N-ethyl adjacent to an activating group) is 1. The Morgan fingerprint density at radius 2 is 2.00 bits per heavy atom. The Labute approximate surface area is 119 Å². The van der Waals surface area contributed by atoms with E-state index in [0.717, 1.165) is 19.4 Å². The van der Waals surface area contributed by atoms with Gasteiger partial charge in [0.2, 0.25) is 0 Å². The minimum absolute atomic E-state index is 0.362. The van der Waals surface area contributed by atoms with E-state index in [4.69, 9.17) is 0 Å². The monoisotopic (exact) mass is 274 g/mol. The molecule has 102 valence electrons. The maximum atomic E-state index is 4.31. The van der Waals surface area contributed by atoms with Crippen LogP contribution in [0.2, 0.25) is 0 Å². The van der Waals surface area contributed by atoms with Crippen LogP contribution in [-0.4, -0.2) is 11.5 Å². The molecule has 1 unspecified atom stereocenters. The van der Waals surface area contributed by atoms with E-state index in [9.17, 15) is 0 Å². The summed E-state index contributed by atoms with van der Waals surface area (Å²) < 4.78 is 0. The third-order valence-corrected chi connectivity index (χ3v) is 4.47. The van der Waals surface area contributed by atoms with Crippen LogP contribution < -0.4 is 5.32 Å². The Kier molecular flexibility index (Phi) is 5.11. The summed E-state index contributed by atoms with van der Waals surface area (Å²) in [4.78, 5) is 7.23. The molecule has 0 amide bonds. The first-order valence-corrected chi connectivity index (χ1v) is 7.77. The molecule has 0 saturated carbocycles. The number of rotatable bonds is 6. The molecule has 2 aromatic rings. The fourth-order valence-corrected chi connectivity index (χ4v) is 3.25. The van der Waals surface area contributed by atoms with Crippen LogP contribution in [0.4, 0.5) is 0 Å². The van der Waals surface area contributed by atoms with Gasteiger partial charge in [-0.05, 0) is 43.1 Å². The quantitative estimate of drug-likeness (QED) is 0.864. The number of nitrogens with zero attached hydrogens (tertiary/aromatic N) is 1. The van der Waals surface area contributed by atoms with E-state index >= 15 is 0 Å². The van der Waals surface area contributed by atoms with Gasteiger partial charge in [-0.15, -0.1) is 11.3 Å². The van der Waals surface area contributed by atoms with E-state index in [1.807, 2.05) is 23.7 Å². The first kappa shape index (κ1) is 14.2. The fraction of sp³-hybridized carbons (Fsp3) is 0.438. The lowest BCUT2D eigenvalue weighted by atomic mass is 10.0. The van der Waals surface area contributed by atoms with Crippen molar-refractivity contribution in [2.75, 3.05) is 6.54 Å². The van der Waals surface area contributed by atoms with E-state index in [-0.39, 0.29) is 0 Å². The average Bonchev–Trinajstić information content (AvgIpc) is 2.86. The summed E-state index contributed by atoms with van der Waals surface area (Å²) in [6.45, 7) is 7.44. The Morgan fingerprint density at radius 3 is 2.63 bits per heavy atom. The summed E-state index contributed by atoms with van der Waals surface area (Å²) in [7, 11) is 0. The van der Waals surface area contributed by atoms with E-state index in [1.54, 1.807) is 0 Å². The molecule has 2 rings (SSSR count). The van der Waals surface area contributed by atoms with Crippen LogP contribution in [0.25, 0.3) is 0 Å². The topological polar surface area (TPSA) is 24.9 Å². The van der Waals surface area contributed by atoms with Crippen molar-refractivity contribution in [3.8, 4) is 0 Å². The maximum absolute atomic E-state index is 4.31. The Bertz CT molecular complexity index is 519. The zero-order valence-electron chi connectivity index (χ0n) is 11.9. The van der Waals surface area contributed by atoms with Crippen molar-refractivity contribution in [3.63, 3.8) is 0 Å². The van der Waals surface area contributed by atoms with Gasteiger partial charge in [0.15, 0.2) is 0 Å². The molecule has 0 fully saturated rings. The number of nitrogens with one attached hydrogen (secondary N) is 1. The minimum atomic E-state index is 0.362. The predicted molar refractivity (Wildman–Crippen MR) is 82.8 cm³/mol. The molecule has 2 nitrogen and oxygen atoms in total.